The molecule has 226 valence electrons. The Morgan fingerprint density at radius 2 is 1.52 bits per heavy atom. The second kappa shape index (κ2) is 13.3. The maximum atomic E-state index is 13.4. The molecule has 0 radical (unpaired) electrons. The molecule has 3 saturated heterocycles. The zero-order chi connectivity index (χ0) is 29.7. The molecule has 0 unspecified atom stereocenters. The van der Waals surface area contributed by atoms with Gasteiger partial charge in [0, 0.05) is 44.8 Å². The minimum Gasteiger partial charge on any atom is -0.507 e. The van der Waals surface area contributed by atoms with Crippen LogP contribution in [-0.2, 0) is 29.1 Å². The van der Waals surface area contributed by atoms with Gasteiger partial charge in [0.2, 0.25) is 10.0 Å². The van der Waals surface area contributed by atoms with Gasteiger partial charge in [-0.1, -0.05) is 12.1 Å². The van der Waals surface area contributed by atoms with Crippen molar-refractivity contribution in [2.75, 3.05) is 72.3 Å². The van der Waals surface area contributed by atoms with Gasteiger partial charge >= 0.3 is 0 Å². The van der Waals surface area contributed by atoms with Crippen LogP contribution in [0.25, 0.3) is 5.76 Å². The monoisotopic (exact) mass is 599 g/mol. The molecule has 5 rings (SSSR count). The molecule has 0 aromatic heterocycles. The molecule has 12 heteroatoms. The van der Waals surface area contributed by atoms with Crippen LogP contribution in [0, 0.1) is 0 Å². The van der Waals surface area contributed by atoms with Crippen LogP contribution in [0.3, 0.4) is 0 Å². The third-order valence-corrected chi connectivity index (χ3v) is 9.67. The third-order valence-electron chi connectivity index (χ3n) is 7.76. The molecule has 1 N–H and O–H groups in total. The Bertz CT molecular complexity index is 1400. The number of carbonyl (C=O) groups excluding carboxylic acids is 2. The number of rotatable bonds is 10. The minimum absolute atomic E-state index is 0.0284. The molecular weight excluding hydrogens is 562 g/mol. The van der Waals surface area contributed by atoms with Crippen LogP contribution in [0.2, 0.25) is 0 Å². The number of Topliss-reactive ketones (excluding diaryl/α,β-unsaturated/α-hetero) is 1. The molecule has 11 nitrogen and oxygen atoms in total. The van der Waals surface area contributed by atoms with Crippen molar-refractivity contribution in [3.63, 3.8) is 0 Å². The average Bonchev–Trinajstić information content (AvgIpc) is 3.27. The van der Waals surface area contributed by atoms with E-state index >= 15 is 0 Å². The van der Waals surface area contributed by atoms with E-state index in [1.54, 1.807) is 24.3 Å². The summed E-state index contributed by atoms with van der Waals surface area (Å²) < 4.78 is 43.7. The molecule has 3 heterocycles. The van der Waals surface area contributed by atoms with Crippen molar-refractivity contribution in [3.8, 4) is 5.75 Å². The van der Waals surface area contributed by atoms with Gasteiger partial charge in [0.05, 0.1) is 49.5 Å². The smallest absolute Gasteiger partial charge is 0.295 e. The number of ether oxygens (including phenoxy) is 3. The Hall–Kier alpha value is -3.29. The summed E-state index contributed by atoms with van der Waals surface area (Å²) in [6, 6.07) is 12.1. The second-order valence-electron chi connectivity index (χ2n) is 10.3. The number of hydrogen-bond acceptors (Lipinski definition) is 9. The van der Waals surface area contributed by atoms with Crippen molar-refractivity contribution >= 4 is 27.5 Å². The van der Waals surface area contributed by atoms with Crippen LogP contribution < -0.4 is 4.74 Å². The van der Waals surface area contributed by atoms with E-state index in [9.17, 15) is 23.1 Å². The molecular formula is C30H37N3O8S. The van der Waals surface area contributed by atoms with Crippen molar-refractivity contribution in [2.24, 2.45) is 0 Å². The van der Waals surface area contributed by atoms with Crippen LogP contribution in [-0.4, -0.2) is 112 Å². The van der Waals surface area contributed by atoms with Gasteiger partial charge < -0.3 is 24.2 Å². The number of benzene rings is 2. The van der Waals surface area contributed by atoms with Crippen molar-refractivity contribution in [1.82, 2.24) is 14.1 Å². The Morgan fingerprint density at radius 1 is 0.905 bits per heavy atom. The Labute approximate surface area is 246 Å². The van der Waals surface area contributed by atoms with Gasteiger partial charge in [-0.25, -0.2) is 8.42 Å². The van der Waals surface area contributed by atoms with E-state index in [1.807, 2.05) is 6.92 Å². The second-order valence-corrected chi connectivity index (χ2v) is 12.3. The van der Waals surface area contributed by atoms with E-state index in [4.69, 9.17) is 14.2 Å². The molecule has 3 aliphatic heterocycles. The van der Waals surface area contributed by atoms with Gasteiger partial charge in [-0.05, 0) is 55.3 Å². The molecule has 42 heavy (non-hydrogen) atoms. The molecule has 0 aliphatic carbocycles. The van der Waals surface area contributed by atoms with Crippen molar-refractivity contribution in [3.05, 3.63) is 65.2 Å². The quantitative estimate of drug-likeness (QED) is 0.249. The maximum Gasteiger partial charge on any atom is 0.295 e. The maximum absolute atomic E-state index is 13.4. The van der Waals surface area contributed by atoms with Crippen LogP contribution in [0.1, 0.15) is 30.5 Å². The fourth-order valence-electron chi connectivity index (χ4n) is 5.54. The van der Waals surface area contributed by atoms with Gasteiger partial charge in [0.1, 0.15) is 11.5 Å². The number of sulfonamides is 1. The van der Waals surface area contributed by atoms with Crippen molar-refractivity contribution < 1.29 is 37.3 Å². The van der Waals surface area contributed by atoms with Gasteiger partial charge in [-0.15, -0.1) is 0 Å². The minimum atomic E-state index is -3.73. The van der Waals surface area contributed by atoms with Gasteiger partial charge in [0.25, 0.3) is 11.7 Å². The highest BCUT2D eigenvalue weighted by atomic mass is 32.2. The number of hydrogen-bond donors (Lipinski definition) is 1. The Morgan fingerprint density at radius 3 is 2.14 bits per heavy atom. The van der Waals surface area contributed by atoms with Crippen molar-refractivity contribution in [2.45, 2.75) is 24.3 Å². The normalized spacial score (nSPS) is 22.0. The first-order chi connectivity index (χ1) is 20.3. The SMILES string of the molecule is CCOc1ccc([C@@H]2C(=C(O)c3ccc(S(=O)(=O)N4CCOCC4)cc3)C(=O)C(=O)N2CCCN2CCOCC2)cc1. The fraction of sp³-hybridized carbons (Fsp3) is 0.467. The first-order valence-electron chi connectivity index (χ1n) is 14.3. The molecule has 0 saturated carbocycles. The summed E-state index contributed by atoms with van der Waals surface area (Å²) in [6.45, 7) is 7.62. The van der Waals surface area contributed by atoms with Crippen molar-refractivity contribution in [1.29, 1.82) is 0 Å². The molecule has 1 amide bonds. The lowest BCUT2D eigenvalue weighted by atomic mass is 9.95. The predicted molar refractivity (Wildman–Crippen MR) is 155 cm³/mol. The molecule has 2 aromatic rings. The molecule has 3 fully saturated rings. The van der Waals surface area contributed by atoms with E-state index in [0.717, 1.165) is 19.6 Å². The highest BCUT2D eigenvalue weighted by Crippen LogP contribution is 2.40. The third kappa shape index (κ3) is 6.37. The Kier molecular flexibility index (Phi) is 9.59. The highest BCUT2D eigenvalue weighted by Gasteiger charge is 2.46. The summed E-state index contributed by atoms with van der Waals surface area (Å²) in [6.07, 6.45) is 0.648. The summed E-state index contributed by atoms with van der Waals surface area (Å²) in [7, 11) is -3.73. The summed E-state index contributed by atoms with van der Waals surface area (Å²) >= 11 is 0. The molecule has 0 bridgehead atoms. The van der Waals surface area contributed by atoms with Crippen LogP contribution in [0.15, 0.2) is 59.0 Å². The predicted octanol–water partition coefficient (Wildman–Crippen LogP) is 2.25. The molecule has 0 spiro atoms. The van der Waals surface area contributed by atoms with E-state index in [2.05, 4.69) is 4.90 Å². The lowest BCUT2D eigenvalue weighted by molar-refractivity contribution is -0.140. The van der Waals surface area contributed by atoms with E-state index in [1.165, 1.54) is 33.5 Å². The summed E-state index contributed by atoms with van der Waals surface area (Å²) in [5.74, 6) is -1.15. The largest absolute Gasteiger partial charge is 0.507 e. The van der Waals surface area contributed by atoms with E-state index < -0.39 is 27.8 Å². The van der Waals surface area contributed by atoms with Gasteiger partial charge in [0.15, 0.2) is 0 Å². The number of aliphatic hydroxyl groups excluding tert-OH is 1. The van der Waals surface area contributed by atoms with Crippen LogP contribution in [0.5, 0.6) is 5.75 Å². The average molecular weight is 600 g/mol. The number of amides is 1. The number of ketones is 1. The summed E-state index contributed by atoms with van der Waals surface area (Å²) in [5.41, 5.74) is 0.884. The number of likely N-dealkylation sites (tertiary alicyclic amines) is 1. The van der Waals surface area contributed by atoms with E-state index in [0.29, 0.717) is 57.3 Å². The standard InChI is InChI=1S/C30H37N3O8S/c1-2-41-24-8-4-22(5-9-24)27-26(29(35)30(36)33(27)13-3-12-31-14-18-39-19-15-31)28(34)23-6-10-25(11-7-23)42(37,38)32-16-20-40-21-17-32/h4-11,27,34H,2-3,12-21H2,1H3/t27-/m1/s1. The first kappa shape index (κ1) is 30.2. The number of carbonyl (C=O) groups is 2. The number of morpholine rings is 2. The number of nitrogens with zero attached hydrogens (tertiary/aromatic N) is 3. The summed E-state index contributed by atoms with van der Waals surface area (Å²) in [4.78, 5) is 30.6. The molecule has 2 aromatic carbocycles. The van der Waals surface area contributed by atoms with E-state index in [-0.39, 0.29) is 34.9 Å². The zero-order valence-electron chi connectivity index (χ0n) is 23.7. The zero-order valence-corrected chi connectivity index (χ0v) is 24.6. The van der Waals surface area contributed by atoms with Crippen LogP contribution in [0.4, 0.5) is 0 Å². The first-order valence-corrected chi connectivity index (χ1v) is 15.7. The van der Waals surface area contributed by atoms with Crippen LogP contribution >= 0.6 is 0 Å². The molecule has 1 atom stereocenters. The van der Waals surface area contributed by atoms with Gasteiger partial charge in [-0.2, -0.15) is 4.31 Å². The molecule has 3 aliphatic rings. The fourth-order valence-corrected chi connectivity index (χ4v) is 6.94. The summed E-state index contributed by atoms with van der Waals surface area (Å²) in [5, 5.41) is 11.4. The lowest BCUT2D eigenvalue weighted by Gasteiger charge is -2.29. The topological polar surface area (TPSA) is 126 Å². The lowest BCUT2D eigenvalue weighted by Crippen LogP contribution is -2.40. The van der Waals surface area contributed by atoms with Gasteiger partial charge in [-0.3, -0.25) is 14.5 Å². The Balaban J connectivity index is 1.45. The highest BCUT2D eigenvalue weighted by molar-refractivity contribution is 7.89. The number of aliphatic hydroxyl groups is 1.